The first-order chi connectivity index (χ1) is 9.20. The lowest BCUT2D eigenvalue weighted by atomic mass is 10.1. The molecule has 19 heavy (non-hydrogen) atoms. The number of hydrogen-bond acceptors (Lipinski definition) is 4. The second-order valence-corrected chi connectivity index (χ2v) is 4.81. The zero-order valence-corrected chi connectivity index (χ0v) is 11.9. The normalized spacial score (nSPS) is 11.7. The molecule has 0 radical (unpaired) electrons. The molecule has 0 aliphatic heterocycles. The van der Waals surface area contributed by atoms with Crippen LogP contribution in [-0.2, 0) is 9.53 Å². The molecule has 0 amide bonds. The van der Waals surface area contributed by atoms with Crippen molar-refractivity contribution in [2.75, 3.05) is 12.4 Å². The lowest BCUT2D eigenvalue weighted by Gasteiger charge is -2.17. The molecule has 0 bridgehead atoms. The first-order valence-electron chi connectivity index (χ1n) is 5.70. The maximum Gasteiger partial charge on any atom is 0.333 e. The maximum absolute atomic E-state index is 11.9. The van der Waals surface area contributed by atoms with Crippen LogP contribution < -0.4 is 5.32 Å². The summed E-state index contributed by atoms with van der Waals surface area (Å²) in [5.74, 6) is -0.351. The van der Waals surface area contributed by atoms with Crippen molar-refractivity contribution >= 4 is 27.6 Å². The Bertz CT molecular complexity index is 543. The van der Waals surface area contributed by atoms with Gasteiger partial charge >= 0.3 is 5.97 Å². The van der Waals surface area contributed by atoms with Crippen molar-refractivity contribution in [1.82, 2.24) is 4.98 Å². The average molecular weight is 321 g/mol. The number of ether oxygens (including phenoxy) is 1. The highest BCUT2D eigenvalue weighted by Gasteiger charge is 2.21. The summed E-state index contributed by atoms with van der Waals surface area (Å²) in [4.78, 5) is 15.9. The number of esters is 1. The number of benzene rings is 1. The average Bonchev–Trinajstić information content (AvgIpc) is 2.47. The van der Waals surface area contributed by atoms with Crippen LogP contribution in [0.2, 0.25) is 0 Å². The van der Waals surface area contributed by atoms with Gasteiger partial charge in [0.25, 0.3) is 0 Å². The summed E-state index contributed by atoms with van der Waals surface area (Å²) in [5, 5.41) is 3.14. The summed E-state index contributed by atoms with van der Waals surface area (Å²) in [6.45, 7) is 0. The molecule has 1 N–H and O–H groups in total. The van der Waals surface area contributed by atoms with E-state index in [4.69, 9.17) is 4.74 Å². The highest BCUT2D eigenvalue weighted by molar-refractivity contribution is 9.10. The number of aromatic nitrogens is 1. The number of nitrogens with one attached hydrogen (secondary N) is 1. The number of nitrogens with zero attached hydrogens (tertiary/aromatic N) is 1. The van der Waals surface area contributed by atoms with Crippen LogP contribution in [0.4, 0.5) is 5.69 Å². The third kappa shape index (κ3) is 3.54. The molecule has 1 unspecified atom stereocenters. The van der Waals surface area contributed by atoms with Crippen molar-refractivity contribution in [2.24, 2.45) is 0 Å². The quantitative estimate of drug-likeness (QED) is 0.879. The third-order valence-corrected chi connectivity index (χ3v) is 3.14. The monoisotopic (exact) mass is 320 g/mol. The zero-order chi connectivity index (χ0) is 13.7. The van der Waals surface area contributed by atoms with Gasteiger partial charge in [-0.15, -0.1) is 0 Å². The Balaban J connectivity index is 2.24. The van der Waals surface area contributed by atoms with Crippen LogP contribution in [0.1, 0.15) is 11.6 Å². The van der Waals surface area contributed by atoms with Gasteiger partial charge in [-0.25, -0.2) is 4.79 Å². The molecular weight excluding hydrogens is 308 g/mol. The van der Waals surface area contributed by atoms with Gasteiger partial charge in [-0.2, -0.15) is 0 Å². The molecule has 5 heteroatoms. The number of halogens is 1. The van der Waals surface area contributed by atoms with Gasteiger partial charge in [0.2, 0.25) is 0 Å². The van der Waals surface area contributed by atoms with Crippen molar-refractivity contribution in [3.8, 4) is 0 Å². The van der Waals surface area contributed by atoms with Gasteiger partial charge in [0.1, 0.15) is 0 Å². The van der Waals surface area contributed by atoms with Crippen molar-refractivity contribution in [1.29, 1.82) is 0 Å². The summed E-state index contributed by atoms with van der Waals surface area (Å²) in [7, 11) is 1.37. The molecule has 0 spiro atoms. The van der Waals surface area contributed by atoms with Crippen LogP contribution in [0.3, 0.4) is 0 Å². The van der Waals surface area contributed by atoms with E-state index in [9.17, 15) is 4.79 Å². The molecule has 0 saturated carbocycles. The first kappa shape index (κ1) is 13.5. The molecule has 1 heterocycles. The van der Waals surface area contributed by atoms with Gasteiger partial charge in [0.05, 0.1) is 7.11 Å². The molecule has 0 saturated heterocycles. The first-order valence-corrected chi connectivity index (χ1v) is 6.50. The van der Waals surface area contributed by atoms with Gasteiger partial charge in [0.15, 0.2) is 6.04 Å². The number of hydrogen-bond donors (Lipinski definition) is 1. The minimum absolute atomic E-state index is 0.351. The molecule has 4 nitrogen and oxygen atoms in total. The minimum atomic E-state index is -0.570. The summed E-state index contributed by atoms with van der Waals surface area (Å²) < 4.78 is 5.80. The Hall–Kier alpha value is -1.88. The lowest BCUT2D eigenvalue weighted by Crippen LogP contribution is -2.22. The van der Waals surface area contributed by atoms with Crippen LogP contribution in [0.15, 0.2) is 53.3 Å². The van der Waals surface area contributed by atoms with Crippen molar-refractivity contribution < 1.29 is 9.53 Å². The van der Waals surface area contributed by atoms with E-state index in [0.717, 1.165) is 15.7 Å². The summed E-state index contributed by atoms with van der Waals surface area (Å²) >= 11 is 3.37. The second kappa shape index (κ2) is 6.33. The molecule has 1 aromatic carbocycles. The predicted octanol–water partition coefficient (Wildman–Crippen LogP) is 3.17. The van der Waals surface area contributed by atoms with Crippen LogP contribution >= 0.6 is 15.9 Å². The standard InChI is InChI=1S/C14H13BrN2O2/c1-19-14(18)13(10-3-2-8-16-9-10)17-12-6-4-11(15)5-7-12/h2-9,13,17H,1H3. The van der Waals surface area contributed by atoms with E-state index >= 15 is 0 Å². The van der Waals surface area contributed by atoms with Gasteiger partial charge in [-0.1, -0.05) is 22.0 Å². The van der Waals surface area contributed by atoms with Gasteiger partial charge in [-0.3, -0.25) is 4.98 Å². The van der Waals surface area contributed by atoms with Crippen LogP contribution in [0.25, 0.3) is 0 Å². The molecule has 2 aromatic rings. The molecule has 0 aliphatic carbocycles. The Morgan fingerprint density at radius 1 is 1.32 bits per heavy atom. The Kier molecular flexibility index (Phi) is 4.52. The maximum atomic E-state index is 11.9. The predicted molar refractivity (Wildman–Crippen MR) is 76.8 cm³/mol. The summed E-state index contributed by atoms with van der Waals surface area (Å²) in [5.41, 5.74) is 1.60. The molecule has 1 atom stereocenters. The second-order valence-electron chi connectivity index (χ2n) is 3.89. The molecule has 1 aromatic heterocycles. The van der Waals surface area contributed by atoms with E-state index < -0.39 is 6.04 Å². The number of carbonyl (C=O) groups is 1. The van der Waals surface area contributed by atoms with Crippen molar-refractivity contribution in [3.05, 3.63) is 58.8 Å². The lowest BCUT2D eigenvalue weighted by molar-refractivity contribution is -0.141. The minimum Gasteiger partial charge on any atom is -0.467 e. The highest BCUT2D eigenvalue weighted by atomic mass is 79.9. The number of carbonyl (C=O) groups excluding carboxylic acids is 1. The van der Waals surface area contributed by atoms with Gasteiger partial charge < -0.3 is 10.1 Å². The van der Waals surface area contributed by atoms with Crippen LogP contribution in [-0.4, -0.2) is 18.1 Å². The molecular formula is C14H13BrN2O2. The molecule has 0 aliphatic rings. The zero-order valence-electron chi connectivity index (χ0n) is 10.3. The fourth-order valence-corrected chi connectivity index (χ4v) is 1.92. The van der Waals surface area contributed by atoms with Crippen LogP contribution in [0.5, 0.6) is 0 Å². The summed E-state index contributed by atoms with van der Waals surface area (Å²) in [6.07, 6.45) is 3.31. The highest BCUT2D eigenvalue weighted by Crippen LogP contribution is 2.21. The fraction of sp³-hybridized carbons (Fsp3) is 0.143. The van der Waals surface area contributed by atoms with E-state index in [1.165, 1.54) is 7.11 Å². The Morgan fingerprint density at radius 3 is 2.63 bits per heavy atom. The third-order valence-electron chi connectivity index (χ3n) is 2.61. The molecule has 2 rings (SSSR count). The van der Waals surface area contributed by atoms with Crippen molar-refractivity contribution in [3.63, 3.8) is 0 Å². The van der Waals surface area contributed by atoms with E-state index in [2.05, 4.69) is 26.2 Å². The van der Waals surface area contributed by atoms with E-state index in [1.807, 2.05) is 30.3 Å². The fourth-order valence-electron chi connectivity index (χ4n) is 1.66. The molecule has 98 valence electrons. The number of pyridine rings is 1. The number of rotatable bonds is 4. The van der Waals surface area contributed by atoms with E-state index in [1.54, 1.807) is 18.5 Å². The Morgan fingerprint density at radius 2 is 2.05 bits per heavy atom. The Labute approximate surface area is 119 Å². The van der Waals surface area contributed by atoms with Crippen molar-refractivity contribution in [2.45, 2.75) is 6.04 Å². The largest absolute Gasteiger partial charge is 0.467 e. The molecule has 0 fully saturated rings. The van der Waals surface area contributed by atoms with Gasteiger partial charge in [0, 0.05) is 28.1 Å². The van der Waals surface area contributed by atoms with Gasteiger partial charge in [-0.05, 0) is 30.3 Å². The smallest absolute Gasteiger partial charge is 0.333 e. The van der Waals surface area contributed by atoms with Crippen LogP contribution in [0, 0.1) is 0 Å². The topological polar surface area (TPSA) is 51.2 Å². The number of anilines is 1. The SMILES string of the molecule is COC(=O)C(Nc1ccc(Br)cc1)c1cccnc1. The van der Waals surface area contributed by atoms with E-state index in [-0.39, 0.29) is 5.97 Å². The van der Waals surface area contributed by atoms with E-state index in [0.29, 0.717) is 0 Å². The summed E-state index contributed by atoms with van der Waals surface area (Å²) in [6, 6.07) is 10.6. The number of methoxy groups -OCH3 is 1.